The van der Waals surface area contributed by atoms with Gasteiger partial charge in [-0.1, -0.05) is 18.6 Å². The smallest absolute Gasteiger partial charge is 0.243 e. The maximum Gasteiger partial charge on any atom is 0.243 e. The van der Waals surface area contributed by atoms with Gasteiger partial charge in [-0.05, 0) is 55.2 Å². The Hall–Kier alpha value is -2.29. The van der Waals surface area contributed by atoms with Gasteiger partial charge in [-0.2, -0.15) is 4.31 Å². The molecule has 2 aliphatic heterocycles. The zero-order valence-corrected chi connectivity index (χ0v) is 17.4. The molecule has 1 amide bonds. The summed E-state index contributed by atoms with van der Waals surface area (Å²) in [5.74, 6) is -0.0277. The van der Waals surface area contributed by atoms with Crippen LogP contribution in [0, 0.1) is 0 Å². The van der Waals surface area contributed by atoms with Gasteiger partial charge >= 0.3 is 0 Å². The molecule has 5 rings (SSSR count). The first-order valence-corrected chi connectivity index (χ1v) is 12.1. The van der Waals surface area contributed by atoms with Gasteiger partial charge in [0.2, 0.25) is 15.9 Å². The Labute approximate surface area is 173 Å². The van der Waals surface area contributed by atoms with Crippen LogP contribution in [0.15, 0.2) is 47.4 Å². The summed E-state index contributed by atoms with van der Waals surface area (Å²) in [6.45, 7) is 0.497. The summed E-state index contributed by atoms with van der Waals surface area (Å²) in [4.78, 5) is 16.6. The monoisotopic (exact) mass is 427 g/mol. The molecule has 0 bridgehead atoms. The summed E-state index contributed by atoms with van der Waals surface area (Å²) in [6, 6.07) is 12.7. The molecule has 1 fully saturated rings. The summed E-state index contributed by atoms with van der Waals surface area (Å²) >= 11 is 1.58. The van der Waals surface area contributed by atoms with Crippen LogP contribution in [0.2, 0.25) is 0 Å². The van der Waals surface area contributed by atoms with E-state index in [4.69, 9.17) is 4.98 Å². The largest absolute Gasteiger partial charge is 0.326 e. The van der Waals surface area contributed by atoms with Crippen molar-refractivity contribution >= 4 is 43.2 Å². The lowest BCUT2D eigenvalue weighted by Gasteiger charge is -2.33. The molecule has 1 aromatic heterocycles. The molecule has 6 nitrogen and oxygen atoms in total. The molecule has 1 N–H and O–H groups in total. The number of benzene rings is 2. The van der Waals surface area contributed by atoms with Gasteiger partial charge < -0.3 is 5.32 Å². The quantitative estimate of drug-likeness (QED) is 0.683. The van der Waals surface area contributed by atoms with Crippen LogP contribution in [-0.2, 0) is 21.2 Å². The molecular weight excluding hydrogens is 406 g/mol. The van der Waals surface area contributed by atoms with Gasteiger partial charge in [0.25, 0.3) is 0 Å². The SMILES string of the molecule is O=C1CCc2cc(S(=O)(=O)N3CCCCC3c3nc4ccccc4s3)ccc2N1. The Morgan fingerprint density at radius 2 is 1.97 bits per heavy atom. The van der Waals surface area contributed by atoms with Crippen molar-refractivity contribution < 1.29 is 13.2 Å². The second-order valence-electron chi connectivity index (χ2n) is 7.51. The van der Waals surface area contributed by atoms with Crippen molar-refractivity contribution in [1.29, 1.82) is 0 Å². The summed E-state index contributed by atoms with van der Waals surface area (Å²) in [7, 11) is -3.66. The Kier molecular flexibility index (Phi) is 4.64. The number of carbonyl (C=O) groups excluding carboxylic acids is 1. The Bertz CT molecular complexity index is 1170. The number of rotatable bonds is 3. The topological polar surface area (TPSA) is 79.4 Å². The van der Waals surface area contributed by atoms with E-state index >= 15 is 0 Å². The first-order valence-electron chi connectivity index (χ1n) is 9.82. The van der Waals surface area contributed by atoms with E-state index in [9.17, 15) is 13.2 Å². The van der Waals surface area contributed by atoms with Crippen molar-refractivity contribution in [2.45, 2.75) is 43.0 Å². The molecule has 0 saturated carbocycles. The number of fused-ring (bicyclic) bond motifs is 2. The molecule has 1 unspecified atom stereocenters. The second kappa shape index (κ2) is 7.19. The molecule has 2 aliphatic rings. The average Bonchev–Trinajstić information content (AvgIpc) is 3.17. The van der Waals surface area contributed by atoms with Crippen LogP contribution < -0.4 is 5.32 Å². The number of amides is 1. The van der Waals surface area contributed by atoms with Gasteiger partial charge in [0.1, 0.15) is 5.01 Å². The van der Waals surface area contributed by atoms with Crippen LogP contribution in [0.25, 0.3) is 10.2 Å². The molecule has 3 aromatic rings. The van der Waals surface area contributed by atoms with E-state index in [-0.39, 0.29) is 11.9 Å². The predicted octanol–water partition coefficient (Wildman–Crippen LogP) is 4.10. The van der Waals surface area contributed by atoms with Crippen molar-refractivity contribution in [3.63, 3.8) is 0 Å². The molecule has 150 valence electrons. The summed E-state index contributed by atoms with van der Waals surface area (Å²) in [5, 5.41) is 3.67. The zero-order chi connectivity index (χ0) is 20.0. The maximum absolute atomic E-state index is 13.6. The van der Waals surface area contributed by atoms with E-state index in [1.165, 1.54) is 0 Å². The van der Waals surface area contributed by atoms with Crippen LogP contribution in [0.5, 0.6) is 0 Å². The Morgan fingerprint density at radius 3 is 2.83 bits per heavy atom. The highest BCUT2D eigenvalue weighted by molar-refractivity contribution is 7.89. The third-order valence-corrected chi connectivity index (χ3v) is 8.67. The molecule has 2 aromatic carbocycles. The number of hydrogen-bond acceptors (Lipinski definition) is 5. The van der Waals surface area contributed by atoms with Crippen LogP contribution in [-0.4, -0.2) is 30.2 Å². The van der Waals surface area contributed by atoms with Gasteiger partial charge in [0.05, 0.1) is 21.2 Å². The van der Waals surface area contributed by atoms with Gasteiger partial charge in [0.15, 0.2) is 0 Å². The Balaban J connectivity index is 1.52. The van der Waals surface area contributed by atoms with Crippen LogP contribution in [0.3, 0.4) is 0 Å². The third-order valence-electron chi connectivity index (χ3n) is 5.63. The molecule has 3 heterocycles. The highest BCUT2D eigenvalue weighted by Gasteiger charge is 2.36. The summed E-state index contributed by atoms with van der Waals surface area (Å²) in [5.41, 5.74) is 2.50. The third kappa shape index (κ3) is 3.35. The minimum Gasteiger partial charge on any atom is -0.326 e. The van der Waals surface area contributed by atoms with Gasteiger partial charge in [-0.3, -0.25) is 4.79 Å². The molecule has 0 radical (unpaired) electrons. The molecule has 29 heavy (non-hydrogen) atoms. The van der Waals surface area contributed by atoms with Crippen molar-refractivity contribution in [3.8, 4) is 0 Å². The van der Waals surface area contributed by atoms with Crippen LogP contribution in [0.1, 0.15) is 42.3 Å². The number of piperidine rings is 1. The first kappa shape index (κ1) is 18.7. The summed E-state index contributed by atoms with van der Waals surface area (Å²) < 4.78 is 29.8. The lowest BCUT2D eigenvalue weighted by molar-refractivity contribution is -0.116. The van der Waals surface area contributed by atoms with Crippen molar-refractivity contribution in [3.05, 3.63) is 53.0 Å². The standard InChI is InChI=1S/C21H21N3O3S2/c25-20-11-8-14-13-15(9-10-16(14)22-20)29(26,27)24-12-4-3-6-18(24)21-23-17-5-1-2-7-19(17)28-21/h1-2,5,7,9-10,13,18H,3-4,6,8,11-12H2,(H,22,25). The summed E-state index contributed by atoms with van der Waals surface area (Å²) in [6.07, 6.45) is 3.56. The van der Waals surface area contributed by atoms with Crippen molar-refractivity contribution in [2.24, 2.45) is 0 Å². The Morgan fingerprint density at radius 1 is 1.10 bits per heavy atom. The lowest BCUT2D eigenvalue weighted by Crippen LogP contribution is -2.38. The average molecular weight is 428 g/mol. The highest BCUT2D eigenvalue weighted by Crippen LogP contribution is 2.39. The van der Waals surface area contributed by atoms with E-state index in [0.29, 0.717) is 30.0 Å². The number of para-hydroxylation sites is 1. The van der Waals surface area contributed by atoms with E-state index in [2.05, 4.69) is 5.32 Å². The number of aromatic nitrogens is 1. The van der Waals surface area contributed by atoms with Crippen molar-refractivity contribution in [1.82, 2.24) is 9.29 Å². The molecule has 0 spiro atoms. The fourth-order valence-corrected chi connectivity index (χ4v) is 7.02. The zero-order valence-electron chi connectivity index (χ0n) is 15.8. The van der Waals surface area contributed by atoms with Crippen molar-refractivity contribution in [2.75, 3.05) is 11.9 Å². The highest BCUT2D eigenvalue weighted by atomic mass is 32.2. The van der Waals surface area contributed by atoms with E-state index in [1.807, 2.05) is 24.3 Å². The molecule has 1 atom stereocenters. The predicted molar refractivity (Wildman–Crippen MR) is 113 cm³/mol. The lowest BCUT2D eigenvalue weighted by atomic mass is 10.0. The number of nitrogens with zero attached hydrogens (tertiary/aromatic N) is 2. The number of anilines is 1. The number of thiazole rings is 1. The number of sulfonamides is 1. The van der Waals surface area contributed by atoms with Crippen LogP contribution >= 0.6 is 11.3 Å². The fraction of sp³-hybridized carbons (Fsp3) is 0.333. The molecule has 0 aliphatic carbocycles. The number of carbonyl (C=O) groups is 1. The van der Waals surface area contributed by atoms with E-state index < -0.39 is 10.0 Å². The minimum absolute atomic E-state index is 0.0277. The normalized spacial score (nSPS) is 20.4. The number of aryl methyl sites for hydroxylation is 1. The van der Waals surface area contributed by atoms with Gasteiger partial charge in [-0.15, -0.1) is 11.3 Å². The number of nitrogens with one attached hydrogen (secondary N) is 1. The van der Waals surface area contributed by atoms with Gasteiger partial charge in [0, 0.05) is 18.7 Å². The van der Waals surface area contributed by atoms with Crippen LogP contribution in [0.4, 0.5) is 5.69 Å². The van der Waals surface area contributed by atoms with Gasteiger partial charge in [-0.25, -0.2) is 13.4 Å². The van der Waals surface area contributed by atoms with E-state index in [0.717, 1.165) is 40.1 Å². The maximum atomic E-state index is 13.6. The minimum atomic E-state index is -3.66. The number of hydrogen-bond donors (Lipinski definition) is 1. The second-order valence-corrected chi connectivity index (χ2v) is 10.5. The van der Waals surface area contributed by atoms with E-state index in [1.54, 1.807) is 33.8 Å². The molecule has 8 heteroatoms. The molecule has 1 saturated heterocycles. The fourth-order valence-electron chi connectivity index (χ4n) is 4.13. The molecular formula is C21H21N3O3S2. The first-order chi connectivity index (χ1) is 14.0.